The normalized spacial score (nSPS) is 11.9. The standard InChI is InChI=1S/C9H13N9O3/c1-5(8-13-15-16-14-8)11-9(21)10-2-6-3-18(17-12-6)4-7(19)20/h3,5H,2,4H2,1H3,(H,19,20)(H2,10,11,21)(H,13,14,15,16). The van der Waals surface area contributed by atoms with Gasteiger partial charge in [-0.1, -0.05) is 10.4 Å². The highest BCUT2D eigenvalue weighted by Gasteiger charge is 2.13. The summed E-state index contributed by atoms with van der Waals surface area (Å²) in [7, 11) is 0. The number of aromatic amines is 1. The van der Waals surface area contributed by atoms with E-state index in [2.05, 4.69) is 41.6 Å². The molecular weight excluding hydrogens is 282 g/mol. The van der Waals surface area contributed by atoms with Gasteiger partial charge in [0.05, 0.1) is 18.8 Å². The van der Waals surface area contributed by atoms with Gasteiger partial charge in [0.15, 0.2) is 5.82 Å². The minimum absolute atomic E-state index is 0.115. The van der Waals surface area contributed by atoms with Crippen LogP contribution in [0, 0.1) is 0 Å². The van der Waals surface area contributed by atoms with Crippen LogP contribution in [-0.2, 0) is 17.9 Å². The second-order valence-electron chi connectivity index (χ2n) is 4.12. The van der Waals surface area contributed by atoms with Crippen LogP contribution in [0.2, 0.25) is 0 Å². The topological polar surface area (TPSA) is 164 Å². The zero-order chi connectivity index (χ0) is 15.2. The number of amides is 2. The number of nitrogens with one attached hydrogen (secondary N) is 3. The summed E-state index contributed by atoms with van der Waals surface area (Å²) in [5, 5.41) is 34.3. The average molecular weight is 295 g/mol. The van der Waals surface area contributed by atoms with Gasteiger partial charge in [0.2, 0.25) is 0 Å². The van der Waals surface area contributed by atoms with Crippen molar-refractivity contribution in [2.24, 2.45) is 0 Å². The van der Waals surface area contributed by atoms with Crippen LogP contribution in [0.4, 0.5) is 4.79 Å². The van der Waals surface area contributed by atoms with Crippen LogP contribution in [0.25, 0.3) is 0 Å². The SMILES string of the molecule is CC(NC(=O)NCc1cn(CC(=O)O)nn1)c1nn[nH]n1. The summed E-state index contributed by atoms with van der Waals surface area (Å²) < 4.78 is 1.17. The van der Waals surface area contributed by atoms with Crippen LogP contribution in [0.3, 0.4) is 0 Å². The minimum Gasteiger partial charge on any atom is -0.480 e. The van der Waals surface area contributed by atoms with Crippen molar-refractivity contribution >= 4 is 12.0 Å². The van der Waals surface area contributed by atoms with Crippen molar-refractivity contribution in [2.45, 2.75) is 26.1 Å². The molecule has 12 nitrogen and oxygen atoms in total. The first kappa shape index (κ1) is 14.4. The van der Waals surface area contributed by atoms with E-state index in [1.807, 2.05) is 0 Å². The summed E-state index contributed by atoms with van der Waals surface area (Å²) in [6.07, 6.45) is 1.44. The van der Waals surface area contributed by atoms with Crippen LogP contribution < -0.4 is 10.6 Å². The van der Waals surface area contributed by atoms with Crippen LogP contribution in [0.15, 0.2) is 6.20 Å². The highest BCUT2D eigenvalue weighted by Crippen LogP contribution is 2.02. The number of hydrogen-bond donors (Lipinski definition) is 4. The van der Waals surface area contributed by atoms with E-state index < -0.39 is 18.0 Å². The molecule has 0 bridgehead atoms. The predicted octanol–water partition coefficient (Wildman–Crippen LogP) is -1.56. The Balaban J connectivity index is 1.78. The number of urea groups is 1. The summed E-state index contributed by atoms with van der Waals surface area (Å²) in [4.78, 5) is 22.1. The van der Waals surface area contributed by atoms with Gasteiger partial charge in [-0.05, 0) is 6.92 Å². The Labute approximate surface area is 117 Å². The van der Waals surface area contributed by atoms with E-state index in [1.165, 1.54) is 10.9 Å². The van der Waals surface area contributed by atoms with Crippen LogP contribution >= 0.6 is 0 Å². The third kappa shape index (κ3) is 4.22. The zero-order valence-corrected chi connectivity index (χ0v) is 11.0. The van der Waals surface area contributed by atoms with Gasteiger partial charge in [-0.2, -0.15) is 5.21 Å². The lowest BCUT2D eigenvalue weighted by Crippen LogP contribution is -2.37. The van der Waals surface area contributed by atoms with E-state index >= 15 is 0 Å². The molecule has 21 heavy (non-hydrogen) atoms. The van der Waals surface area contributed by atoms with Gasteiger partial charge < -0.3 is 15.7 Å². The largest absolute Gasteiger partial charge is 0.480 e. The van der Waals surface area contributed by atoms with Crippen LogP contribution in [0.1, 0.15) is 24.5 Å². The predicted molar refractivity (Wildman–Crippen MR) is 65.6 cm³/mol. The van der Waals surface area contributed by atoms with Crippen molar-refractivity contribution in [3.63, 3.8) is 0 Å². The summed E-state index contributed by atoms with van der Waals surface area (Å²) >= 11 is 0. The zero-order valence-electron chi connectivity index (χ0n) is 11.0. The molecule has 2 aromatic rings. The number of carboxylic acids is 1. The van der Waals surface area contributed by atoms with Gasteiger partial charge in [0.25, 0.3) is 0 Å². The number of H-pyrrole nitrogens is 1. The molecule has 0 fully saturated rings. The monoisotopic (exact) mass is 295 g/mol. The van der Waals surface area contributed by atoms with E-state index in [4.69, 9.17) is 5.11 Å². The summed E-state index contributed by atoms with van der Waals surface area (Å²) in [5.41, 5.74) is 0.443. The van der Waals surface area contributed by atoms with Crippen molar-refractivity contribution in [3.8, 4) is 0 Å². The molecule has 1 unspecified atom stereocenters. The van der Waals surface area contributed by atoms with Gasteiger partial charge in [0.1, 0.15) is 12.2 Å². The highest BCUT2D eigenvalue weighted by molar-refractivity contribution is 5.74. The Morgan fingerprint density at radius 3 is 2.95 bits per heavy atom. The lowest BCUT2D eigenvalue weighted by Gasteiger charge is -2.10. The van der Waals surface area contributed by atoms with Gasteiger partial charge in [-0.15, -0.1) is 15.3 Å². The molecule has 2 heterocycles. The maximum atomic E-state index is 11.6. The lowest BCUT2D eigenvalue weighted by molar-refractivity contribution is -0.137. The van der Waals surface area contributed by atoms with E-state index in [9.17, 15) is 9.59 Å². The highest BCUT2D eigenvalue weighted by atomic mass is 16.4. The van der Waals surface area contributed by atoms with Crippen molar-refractivity contribution in [3.05, 3.63) is 17.7 Å². The van der Waals surface area contributed by atoms with Crippen molar-refractivity contribution in [2.75, 3.05) is 0 Å². The fourth-order valence-corrected chi connectivity index (χ4v) is 1.47. The molecule has 112 valence electrons. The average Bonchev–Trinajstić information content (AvgIpc) is 3.06. The molecule has 4 N–H and O–H groups in total. The van der Waals surface area contributed by atoms with Crippen LogP contribution in [-0.4, -0.2) is 52.7 Å². The molecule has 0 saturated carbocycles. The Morgan fingerprint density at radius 1 is 1.48 bits per heavy atom. The van der Waals surface area contributed by atoms with Crippen molar-refractivity contribution < 1.29 is 14.7 Å². The maximum absolute atomic E-state index is 11.6. The fraction of sp³-hybridized carbons (Fsp3) is 0.444. The van der Waals surface area contributed by atoms with Gasteiger partial charge in [-0.3, -0.25) is 4.79 Å². The first-order valence-electron chi connectivity index (χ1n) is 5.93. The molecule has 0 radical (unpaired) electrons. The lowest BCUT2D eigenvalue weighted by atomic mass is 10.3. The molecule has 2 rings (SSSR count). The first-order chi connectivity index (χ1) is 10.0. The van der Waals surface area contributed by atoms with Crippen molar-refractivity contribution in [1.29, 1.82) is 0 Å². The van der Waals surface area contributed by atoms with E-state index in [0.717, 1.165) is 0 Å². The fourth-order valence-electron chi connectivity index (χ4n) is 1.47. The van der Waals surface area contributed by atoms with Gasteiger partial charge >= 0.3 is 12.0 Å². The number of carbonyl (C=O) groups excluding carboxylic acids is 1. The Hall–Kier alpha value is -3.05. The first-order valence-corrected chi connectivity index (χ1v) is 5.93. The third-order valence-electron chi connectivity index (χ3n) is 2.41. The number of aliphatic carboxylic acids is 1. The molecule has 2 aromatic heterocycles. The number of carbonyl (C=O) groups is 2. The summed E-state index contributed by atoms with van der Waals surface area (Å²) in [6.45, 7) is 1.53. The molecule has 1 atom stereocenters. The van der Waals surface area contributed by atoms with Crippen LogP contribution in [0.5, 0.6) is 0 Å². The van der Waals surface area contributed by atoms with E-state index in [-0.39, 0.29) is 13.1 Å². The number of tetrazole rings is 1. The number of rotatable bonds is 6. The second kappa shape index (κ2) is 6.40. The Morgan fingerprint density at radius 2 is 2.29 bits per heavy atom. The Bertz CT molecular complexity index is 608. The van der Waals surface area contributed by atoms with Gasteiger partial charge in [0, 0.05) is 0 Å². The summed E-state index contributed by atoms with van der Waals surface area (Å²) in [5.74, 6) is -0.663. The third-order valence-corrected chi connectivity index (χ3v) is 2.41. The number of hydrogen-bond acceptors (Lipinski definition) is 7. The molecule has 0 aliphatic heterocycles. The smallest absolute Gasteiger partial charge is 0.325 e. The van der Waals surface area contributed by atoms with E-state index in [1.54, 1.807) is 6.92 Å². The molecule has 0 aliphatic carbocycles. The number of carboxylic acid groups (broad SMARTS) is 1. The van der Waals surface area contributed by atoms with E-state index in [0.29, 0.717) is 11.5 Å². The maximum Gasteiger partial charge on any atom is 0.325 e. The molecule has 0 aliphatic rings. The second-order valence-corrected chi connectivity index (χ2v) is 4.12. The molecule has 0 aromatic carbocycles. The Kier molecular flexibility index (Phi) is 4.38. The van der Waals surface area contributed by atoms with Gasteiger partial charge in [-0.25, -0.2) is 9.48 Å². The molecule has 2 amide bonds. The molecule has 12 heteroatoms. The summed E-state index contributed by atoms with van der Waals surface area (Å²) in [6, 6.07) is -0.855. The molecule has 0 saturated heterocycles. The quantitative estimate of drug-likeness (QED) is 0.496. The minimum atomic E-state index is -1.02. The molecule has 0 spiro atoms. The molecular formula is C9H13N9O3. The number of aromatic nitrogens is 7. The number of nitrogens with zero attached hydrogens (tertiary/aromatic N) is 6. The van der Waals surface area contributed by atoms with Crippen molar-refractivity contribution in [1.82, 2.24) is 46.3 Å².